The molecule has 0 amide bonds. The van der Waals surface area contributed by atoms with Gasteiger partial charge in [-0.2, -0.15) is 0 Å². The van der Waals surface area contributed by atoms with Crippen LogP contribution in [0.5, 0.6) is 0 Å². The fraction of sp³-hybridized carbons (Fsp3) is 0.389. The molecule has 1 fully saturated rings. The van der Waals surface area contributed by atoms with Crippen LogP contribution < -0.4 is 0 Å². The van der Waals surface area contributed by atoms with Crippen LogP contribution in [0.15, 0.2) is 54.7 Å². The second-order valence-corrected chi connectivity index (χ2v) is 5.56. The largest absolute Gasteiger partial charge is 0.303 e. The Bertz CT molecular complexity index is 464. The standard InChI is InChI=1S/C18H22N2/c1-2-8-16(9-3-1)17(18-10-4-5-12-19-18)11-15-20-13-6-7-14-20/h1-5,8-10,12,17H,6-7,11,13-15H2/t17-/m1/s1. The third-order valence-electron chi connectivity index (χ3n) is 4.18. The Morgan fingerprint density at radius 3 is 2.40 bits per heavy atom. The van der Waals surface area contributed by atoms with Gasteiger partial charge < -0.3 is 4.90 Å². The summed E-state index contributed by atoms with van der Waals surface area (Å²) in [5.41, 5.74) is 2.57. The summed E-state index contributed by atoms with van der Waals surface area (Å²) in [5.74, 6) is 0.415. The van der Waals surface area contributed by atoms with Crippen LogP contribution in [0.1, 0.15) is 36.4 Å². The molecule has 1 saturated heterocycles. The number of hydrogen-bond acceptors (Lipinski definition) is 2. The highest BCUT2D eigenvalue weighted by atomic mass is 15.1. The predicted molar refractivity (Wildman–Crippen MR) is 82.8 cm³/mol. The lowest BCUT2D eigenvalue weighted by Gasteiger charge is -2.21. The van der Waals surface area contributed by atoms with E-state index < -0.39 is 0 Å². The van der Waals surface area contributed by atoms with E-state index in [4.69, 9.17) is 0 Å². The third-order valence-corrected chi connectivity index (χ3v) is 4.18. The summed E-state index contributed by atoms with van der Waals surface area (Å²) in [4.78, 5) is 7.16. The van der Waals surface area contributed by atoms with Gasteiger partial charge >= 0.3 is 0 Å². The zero-order valence-corrected chi connectivity index (χ0v) is 11.9. The van der Waals surface area contributed by atoms with E-state index in [0.717, 1.165) is 6.42 Å². The first kappa shape index (κ1) is 13.3. The molecule has 3 rings (SSSR count). The second-order valence-electron chi connectivity index (χ2n) is 5.56. The molecule has 1 atom stereocenters. The zero-order chi connectivity index (χ0) is 13.6. The molecule has 20 heavy (non-hydrogen) atoms. The lowest BCUT2D eigenvalue weighted by Crippen LogP contribution is -2.22. The van der Waals surface area contributed by atoms with Crippen LogP contribution >= 0.6 is 0 Å². The first-order valence-electron chi connectivity index (χ1n) is 7.62. The quantitative estimate of drug-likeness (QED) is 0.820. The van der Waals surface area contributed by atoms with Gasteiger partial charge in [-0.3, -0.25) is 4.98 Å². The van der Waals surface area contributed by atoms with Gasteiger partial charge in [-0.15, -0.1) is 0 Å². The summed E-state index contributed by atoms with van der Waals surface area (Å²) >= 11 is 0. The fourth-order valence-electron chi connectivity index (χ4n) is 3.07. The molecule has 0 spiro atoms. The van der Waals surface area contributed by atoms with Crippen LogP contribution in [0.4, 0.5) is 0 Å². The molecular weight excluding hydrogens is 244 g/mol. The number of nitrogens with zero attached hydrogens (tertiary/aromatic N) is 2. The van der Waals surface area contributed by atoms with Gasteiger partial charge in [-0.25, -0.2) is 0 Å². The van der Waals surface area contributed by atoms with Crippen LogP contribution in [-0.4, -0.2) is 29.5 Å². The van der Waals surface area contributed by atoms with Crippen LogP contribution in [0, 0.1) is 0 Å². The molecule has 2 aromatic rings. The number of hydrogen-bond donors (Lipinski definition) is 0. The highest BCUT2D eigenvalue weighted by Crippen LogP contribution is 2.27. The van der Waals surface area contributed by atoms with Crippen molar-refractivity contribution < 1.29 is 0 Å². The molecule has 0 saturated carbocycles. The molecule has 0 aliphatic carbocycles. The van der Waals surface area contributed by atoms with Crippen molar-refractivity contribution in [3.63, 3.8) is 0 Å². The van der Waals surface area contributed by atoms with Crippen molar-refractivity contribution in [2.24, 2.45) is 0 Å². The maximum absolute atomic E-state index is 4.58. The number of rotatable bonds is 5. The van der Waals surface area contributed by atoms with Gasteiger partial charge in [0.25, 0.3) is 0 Å². The SMILES string of the molecule is c1ccc([C@@H](CCN2CCCC2)c2ccccn2)cc1. The van der Waals surface area contributed by atoms with Gasteiger partial charge in [0.2, 0.25) is 0 Å². The molecule has 1 aromatic carbocycles. The lowest BCUT2D eigenvalue weighted by atomic mass is 9.92. The summed E-state index contributed by atoms with van der Waals surface area (Å²) < 4.78 is 0. The number of pyridine rings is 1. The van der Waals surface area contributed by atoms with Crippen LogP contribution in [-0.2, 0) is 0 Å². The number of benzene rings is 1. The molecule has 0 N–H and O–H groups in total. The molecule has 0 radical (unpaired) electrons. The van der Waals surface area contributed by atoms with Crippen molar-refractivity contribution in [2.45, 2.75) is 25.2 Å². The zero-order valence-electron chi connectivity index (χ0n) is 11.9. The Balaban J connectivity index is 1.76. The molecule has 104 valence electrons. The minimum atomic E-state index is 0.415. The normalized spacial score (nSPS) is 17.2. The van der Waals surface area contributed by atoms with E-state index in [1.807, 2.05) is 12.3 Å². The summed E-state index contributed by atoms with van der Waals surface area (Å²) in [6, 6.07) is 17.0. The van der Waals surface area contributed by atoms with Crippen molar-refractivity contribution in [1.82, 2.24) is 9.88 Å². The smallest absolute Gasteiger partial charge is 0.0478 e. The van der Waals surface area contributed by atoms with Crippen LogP contribution in [0.3, 0.4) is 0 Å². The molecule has 2 nitrogen and oxygen atoms in total. The van der Waals surface area contributed by atoms with Crippen molar-refractivity contribution in [2.75, 3.05) is 19.6 Å². The monoisotopic (exact) mass is 266 g/mol. The molecule has 2 heteroatoms. The fourth-order valence-corrected chi connectivity index (χ4v) is 3.07. The number of likely N-dealkylation sites (tertiary alicyclic amines) is 1. The third kappa shape index (κ3) is 3.26. The Morgan fingerprint density at radius 1 is 0.950 bits per heavy atom. The molecule has 0 unspecified atom stereocenters. The molecule has 1 aliphatic heterocycles. The Labute approximate surface area is 121 Å². The maximum atomic E-state index is 4.58. The van der Waals surface area contributed by atoms with E-state index in [-0.39, 0.29) is 0 Å². The topological polar surface area (TPSA) is 16.1 Å². The van der Waals surface area contributed by atoms with Crippen molar-refractivity contribution in [1.29, 1.82) is 0 Å². The first-order chi connectivity index (χ1) is 9.93. The Morgan fingerprint density at radius 2 is 1.70 bits per heavy atom. The van der Waals surface area contributed by atoms with E-state index in [1.54, 1.807) is 0 Å². The summed E-state index contributed by atoms with van der Waals surface area (Å²) in [6.45, 7) is 3.71. The van der Waals surface area contributed by atoms with E-state index in [9.17, 15) is 0 Å². The van der Waals surface area contributed by atoms with E-state index in [1.165, 1.54) is 43.7 Å². The minimum Gasteiger partial charge on any atom is -0.303 e. The summed E-state index contributed by atoms with van der Waals surface area (Å²) in [5, 5.41) is 0. The Kier molecular flexibility index (Phi) is 4.44. The first-order valence-corrected chi connectivity index (χ1v) is 7.62. The van der Waals surface area contributed by atoms with Crippen LogP contribution in [0.2, 0.25) is 0 Å². The van der Waals surface area contributed by atoms with Crippen molar-refractivity contribution in [3.05, 3.63) is 66.0 Å². The van der Waals surface area contributed by atoms with Gasteiger partial charge in [0, 0.05) is 17.8 Å². The van der Waals surface area contributed by atoms with Crippen LogP contribution in [0.25, 0.3) is 0 Å². The second kappa shape index (κ2) is 6.67. The minimum absolute atomic E-state index is 0.415. The summed E-state index contributed by atoms with van der Waals surface area (Å²) in [7, 11) is 0. The van der Waals surface area contributed by atoms with Gasteiger partial charge in [0.1, 0.15) is 0 Å². The molecule has 0 bridgehead atoms. The van der Waals surface area contributed by atoms with Gasteiger partial charge in [0.15, 0.2) is 0 Å². The van der Waals surface area contributed by atoms with E-state index in [0.29, 0.717) is 5.92 Å². The predicted octanol–water partition coefficient (Wildman–Crippen LogP) is 3.70. The highest BCUT2D eigenvalue weighted by Gasteiger charge is 2.18. The van der Waals surface area contributed by atoms with Gasteiger partial charge in [0.05, 0.1) is 0 Å². The van der Waals surface area contributed by atoms with Gasteiger partial charge in [-0.1, -0.05) is 36.4 Å². The van der Waals surface area contributed by atoms with E-state index >= 15 is 0 Å². The average Bonchev–Trinajstić information content (AvgIpc) is 3.03. The van der Waals surface area contributed by atoms with E-state index in [2.05, 4.69) is 52.3 Å². The molecule has 1 aliphatic rings. The molecule has 2 heterocycles. The molecule has 1 aromatic heterocycles. The lowest BCUT2D eigenvalue weighted by molar-refractivity contribution is 0.326. The number of aromatic nitrogens is 1. The van der Waals surface area contributed by atoms with Gasteiger partial charge in [-0.05, 0) is 56.6 Å². The van der Waals surface area contributed by atoms with Crippen molar-refractivity contribution in [3.8, 4) is 0 Å². The van der Waals surface area contributed by atoms with Crippen molar-refractivity contribution >= 4 is 0 Å². The maximum Gasteiger partial charge on any atom is 0.0478 e. The highest BCUT2D eigenvalue weighted by molar-refractivity contribution is 5.28. The summed E-state index contributed by atoms with van der Waals surface area (Å²) in [6.07, 6.45) is 5.78. The molecular formula is C18H22N2. The Hall–Kier alpha value is -1.67. The average molecular weight is 266 g/mol.